The zero-order valence-corrected chi connectivity index (χ0v) is 9.59. The van der Waals surface area contributed by atoms with Gasteiger partial charge in [-0.2, -0.15) is 0 Å². The van der Waals surface area contributed by atoms with Crippen molar-refractivity contribution in [3.63, 3.8) is 0 Å². The molecule has 0 radical (unpaired) electrons. The fraction of sp³-hybridized carbons (Fsp3) is 0.545. The number of alkyl halides is 1. The number of carbonyl (C=O) groups is 1. The molecule has 14 heavy (non-hydrogen) atoms. The first-order valence-corrected chi connectivity index (χ1v) is 5.89. The molecule has 1 saturated carbocycles. The normalized spacial score (nSPS) is 29.2. The number of carbonyl (C=O) groups excluding carboxylic acids is 1. The number of hydrogen-bond acceptors (Lipinski definition) is 1. The molecule has 1 unspecified atom stereocenters. The smallest absolute Gasteiger partial charge is 0.228 e. The van der Waals surface area contributed by atoms with Gasteiger partial charge in [0.1, 0.15) is 0 Å². The zero-order valence-electron chi connectivity index (χ0n) is 8.00. The molecule has 0 aromatic heterocycles. The summed E-state index contributed by atoms with van der Waals surface area (Å²) in [5.74, 6) is -0.160. The molecular formula is C11H14BrNO. The molecule has 3 heteroatoms. The Hall–Kier alpha value is -0.570. The molecule has 1 fully saturated rings. The highest BCUT2D eigenvalue weighted by Gasteiger charge is 2.45. The number of primary amides is 1. The molecule has 1 atom stereocenters. The maximum atomic E-state index is 11.4. The Morgan fingerprint density at radius 1 is 1.57 bits per heavy atom. The van der Waals surface area contributed by atoms with E-state index in [1.54, 1.807) is 0 Å². The number of hydrogen-bond donors (Lipinski definition) is 1. The molecule has 0 heterocycles. The predicted octanol–water partition coefficient (Wildman–Crippen LogP) is 2.29. The lowest BCUT2D eigenvalue weighted by atomic mass is 9.62. The van der Waals surface area contributed by atoms with Gasteiger partial charge < -0.3 is 5.73 Å². The third-order valence-corrected chi connectivity index (χ3v) is 3.96. The summed E-state index contributed by atoms with van der Waals surface area (Å²) in [5, 5.41) is 0. The first-order valence-electron chi connectivity index (χ1n) is 4.98. The van der Waals surface area contributed by atoms with Gasteiger partial charge in [-0.05, 0) is 24.8 Å². The first kappa shape index (κ1) is 9.97. The third-order valence-electron chi connectivity index (χ3n) is 3.28. The molecule has 2 N–H and O–H groups in total. The van der Waals surface area contributed by atoms with Crippen LogP contribution in [0.25, 0.3) is 0 Å². The Kier molecular flexibility index (Phi) is 2.52. The van der Waals surface area contributed by atoms with E-state index in [1.165, 1.54) is 0 Å². The van der Waals surface area contributed by atoms with Crippen LogP contribution in [0.3, 0.4) is 0 Å². The summed E-state index contributed by atoms with van der Waals surface area (Å²) in [7, 11) is 0. The number of amides is 1. The molecule has 76 valence electrons. The van der Waals surface area contributed by atoms with E-state index in [-0.39, 0.29) is 11.3 Å². The molecule has 2 rings (SSSR count). The van der Waals surface area contributed by atoms with E-state index < -0.39 is 0 Å². The molecule has 0 spiro atoms. The Balaban J connectivity index is 2.22. The Bertz CT molecular complexity index is 315. The maximum Gasteiger partial charge on any atom is 0.228 e. The number of rotatable bonds is 2. The van der Waals surface area contributed by atoms with Crippen molar-refractivity contribution in [1.29, 1.82) is 0 Å². The fourth-order valence-corrected chi connectivity index (χ4v) is 2.50. The van der Waals surface area contributed by atoms with Crippen LogP contribution in [-0.4, -0.2) is 10.7 Å². The minimum Gasteiger partial charge on any atom is -0.369 e. The van der Waals surface area contributed by atoms with Crippen LogP contribution < -0.4 is 5.73 Å². The standard InChI is InChI=1S/C11H14BrNO/c12-9-4-2-8(3-5-9)11(10(13)14)6-1-7-11/h2-4,9H,1,5-7H2,(H2,13,14). The second-order valence-electron chi connectivity index (χ2n) is 4.07. The van der Waals surface area contributed by atoms with Gasteiger partial charge >= 0.3 is 0 Å². The van der Waals surface area contributed by atoms with Crippen LogP contribution in [-0.2, 0) is 4.79 Å². The van der Waals surface area contributed by atoms with E-state index in [0.29, 0.717) is 4.83 Å². The van der Waals surface area contributed by atoms with Crippen LogP contribution in [0.5, 0.6) is 0 Å². The van der Waals surface area contributed by atoms with Crippen molar-refractivity contribution in [1.82, 2.24) is 0 Å². The lowest BCUT2D eigenvalue weighted by Gasteiger charge is -2.41. The SMILES string of the molecule is NC(=O)C1(C2=CCC(Br)C=C2)CCC1. The van der Waals surface area contributed by atoms with Gasteiger partial charge in [-0.15, -0.1) is 0 Å². The van der Waals surface area contributed by atoms with E-state index >= 15 is 0 Å². The summed E-state index contributed by atoms with van der Waals surface area (Å²) >= 11 is 3.51. The second kappa shape index (κ2) is 3.54. The minimum absolute atomic E-state index is 0.160. The van der Waals surface area contributed by atoms with Crippen LogP contribution >= 0.6 is 15.9 Å². The topological polar surface area (TPSA) is 43.1 Å². The summed E-state index contributed by atoms with van der Waals surface area (Å²) in [6.45, 7) is 0. The molecule has 0 aromatic carbocycles. The van der Waals surface area contributed by atoms with Crippen molar-refractivity contribution >= 4 is 21.8 Å². The van der Waals surface area contributed by atoms with Gasteiger partial charge in [-0.25, -0.2) is 0 Å². The molecule has 0 aromatic rings. The number of halogens is 1. The average molecular weight is 256 g/mol. The first-order chi connectivity index (χ1) is 6.65. The maximum absolute atomic E-state index is 11.4. The highest BCUT2D eigenvalue weighted by Crippen LogP contribution is 2.48. The van der Waals surface area contributed by atoms with Crippen molar-refractivity contribution in [2.45, 2.75) is 30.5 Å². The molecule has 2 nitrogen and oxygen atoms in total. The Morgan fingerprint density at radius 3 is 2.64 bits per heavy atom. The van der Waals surface area contributed by atoms with Gasteiger partial charge in [0.25, 0.3) is 0 Å². The van der Waals surface area contributed by atoms with Gasteiger partial charge in [0.05, 0.1) is 5.41 Å². The van der Waals surface area contributed by atoms with E-state index in [1.807, 2.05) is 6.08 Å². The quantitative estimate of drug-likeness (QED) is 0.757. The molecule has 2 aliphatic carbocycles. The molecule has 1 amide bonds. The third kappa shape index (κ3) is 1.44. The zero-order chi connectivity index (χ0) is 10.2. The van der Waals surface area contributed by atoms with Crippen LogP contribution in [0.2, 0.25) is 0 Å². The van der Waals surface area contributed by atoms with E-state index in [0.717, 1.165) is 31.3 Å². The molecule has 0 saturated heterocycles. The van der Waals surface area contributed by atoms with Gasteiger partial charge in [-0.3, -0.25) is 4.79 Å². The largest absolute Gasteiger partial charge is 0.369 e. The van der Waals surface area contributed by atoms with Crippen molar-refractivity contribution in [2.75, 3.05) is 0 Å². The van der Waals surface area contributed by atoms with Crippen LogP contribution in [0, 0.1) is 5.41 Å². The van der Waals surface area contributed by atoms with Gasteiger partial charge in [0.15, 0.2) is 0 Å². The lowest BCUT2D eigenvalue weighted by molar-refractivity contribution is -0.129. The minimum atomic E-state index is -0.330. The van der Waals surface area contributed by atoms with E-state index in [9.17, 15) is 4.79 Å². The molecular weight excluding hydrogens is 242 g/mol. The van der Waals surface area contributed by atoms with E-state index in [4.69, 9.17) is 5.73 Å². The van der Waals surface area contributed by atoms with Crippen LogP contribution in [0.1, 0.15) is 25.7 Å². The average Bonchev–Trinajstić information content (AvgIpc) is 2.05. The van der Waals surface area contributed by atoms with Crippen molar-refractivity contribution in [3.8, 4) is 0 Å². The van der Waals surface area contributed by atoms with Gasteiger partial charge in [0.2, 0.25) is 5.91 Å². The summed E-state index contributed by atoms with van der Waals surface area (Å²) in [6.07, 6.45) is 10.2. The second-order valence-corrected chi connectivity index (χ2v) is 5.25. The fourth-order valence-electron chi connectivity index (χ4n) is 2.16. The Labute approximate surface area is 92.4 Å². The molecule has 0 bridgehead atoms. The molecule has 0 aliphatic heterocycles. The summed E-state index contributed by atoms with van der Waals surface area (Å²) in [4.78, 5) is 11.8. The highest BCUT2D eigenvalue weighted by atomic mass is 79.9. The lowest BCUT2D eigenvalue weighted by Crippen LogP contribution is -2.44. The van der Waals surface area contributed by atoms with Crippen LogP contribution in [0.4, 0.5) is 0 Å². The summed E-state index contributed by atoms with van der Waals surface area (Å²) in [6, 6.07) is 0. The van der Waals surface area contributed by atoms with E-state index in [2.05, 4.69) is 28.1 Å². The van der Waals surface area contributed by atoms with Crippen LogP contribution in [0.15, 0.2) is 23.8 Å². The summed E-state index contributed by atoms with van der Waals surface area (Å²) < 4.78 is 0. The Morgan fingerprint density at radius 2 is 2.29 bits per heavy atom. The molecule has 2 aliphatic rings. The van der Waals surface area contributed by atoms with Gasteiger partial charge in [0, 0.05) is 4.83 Å². The predicted molar refractivity (Wildman–Crippen MR) is 60.0 cm³/mol. The highest BCUT2D eigenvalue weighted by molar-refractivity contribution is 9.09. The van der Waals surface area contributed by atoms with Crippen molar-refractivity contribution in [3.05, 3.63) is 23.8 Å². The number of allylic oxidation sites excluding steroid dienone is 3. The summed E-state index contributed by atoms with van der Waals surface area (Å²) in [5.41, 5.74) is 6.27. The van der Waals surface area contributed by atoms with Crippen molar-refractivity contribution < 1.29 is 4.79 Å². The van der Waals surface area contributed by atoms with Crippen molar-refractivity contribution in [2.24, 2.45) is 11.1 Å². The monoisotopic (exact) mass is 255 g/mol. The number of nitrogens with two attached hydrogens (primary N) is 1. The van der Waals surface area contributed by atoms with Gasteiger partial charge in [-0.1, -0.05) is 40.6 Å².